The average molecular weight is 390 g/mol. The number of hydrogen-bond acceptors (Lipinski definition) is 5. The zero-order valence-electron chi connectivity index (χ0n) is 17.3. The van der Waals surface area contributed by atoms with Crippen molar-refractivity contribution in [2.24, 2.45) is 5.92 Å². The van der Waals surface area contributed by atoms with E-state index >= 15 is 0 Å². The summed E-state index contributed by atoms with van der Waals surface area (Å²) in [7, 11) is 2.18. The van der Waals surface area contributed by atoms with Crippen molar-refractivity contribution in [2.75, 3.05) is 59.5 Å². The summed E-state index contributed by atoms with van der Waals surface area (Å²) in [6.07, 6.45) is 2.78. The van der Waals surface area contributed by atoms with Crippen LogP contribution >= 0.6 is 0 Å². The van der Waals surface area contributed by atoms with Crippen molar-refractivity contribution in [3.63, 3.8) is 0 Å². The van der Waals surface area contributed by atoms with Crippen LogP contribution in [0.2, 0.25) is 0 Å². The smallest absolute Gasteiger partial charge is 0.260 e. The molecule has 2 aliphatic heterocycles. The van der Waals surface area contributed by atoms with Gasteiger partial charge in [-0.25, -0.2) is 0 Å². The largest absolute Gasteiger partial charge is 0.484 e. The highest BCUT2D eigenvalue weighted by Crippen LogP contribution is 2.27. The van der Waals surface area contributed by atoms with Crippen LogP contribution in [0.5, 0.6) is 5.75 Å². The van der Waals surface area contributed by atoms with Crippen molar-refractivity contribution in [1.82, 2.24) is 14.7 Å². The number of carbonyl (C=O) groups excluding carboxylic acids is 1. The number of aryl methyl sites for hydroxylation is 1. The Bertz CT molecular complexity index is 631. The molecule has 1 N–H and O–H groups in total. The minimum Gasteiger partial charge on any atom is -0.484 e. The predicted molar refractivity (Wildman–Crippen MR) is 111 cm³/mol. The summed E-state index contributed by atoms with van der Waals surface area (Å²) in [6, 6.07) is 8.32. The number of carbonyl (C=O) groups is 1. The Balaban J connectivity index is 1.56. The lowest BCUT2D eigenvalue weighted by Crippen LogP contribution is -2.57. The molecule has 0 spiro atoms. The number of aliphatic hydroxyl groups is 1. The molecule has 0 saturated carbocycles. The number of hydrogen-bond donors (Lipinski definition) is 1. The number of rotatable bonds is 7. The van der Waals surface area contributed by atoms with Gasteiger partial charge in [-0.2, -0.15) is 0 Å². The molecular formula is C22H35N3O3. The molecule has 6 nitrogen and oxygen atoms in total. The fourth-order valence-electron chi connectivity index (χ4n) is 4.47. The van der Waals surface area contributed by atoms with Gasteiger partial charge in [-0.05, 0) is 50.8 Å². The van der Waals surface area contributed by atoms with Gasteiger partial charge in [0.1, 0.15) is 5.75 Å². The lowest BCUT2D eigenvalue weighted by molar-refractivity contribution is -0.136. The number of amides is 1. The number of ether oxygens (including phenoxy) is 1. The number of aliphatic hydroxyl groups excluding tert-OH is 1. The number of nitrogens with zero attached hydrogens (tertiary/aromatic N) is 3. The number of piperidine rings is 1. The van der Waals surface area contributed by atoms with Crippen LogP contribution in [0.3, 0.4) is 0 Å². The predicted octanol–water partition coefficient (Wildman–Crippen LogP) is 1.61. The molecule has 0 aromatic heterocycles. The maximum Gasteiger partial charge on any atom is 0.260 e. The van der Waals surface area contributed by atoms with Gasteiger partial charge in [-0.1, -0.05) is 18.2 Å². The van der Waals surface area contributed by atoms with Crippen LogP contribution in [-0.4, -0.2) is 91.3 Å². The van der Waals surface area contributed by atoms with Gasteiger partial charge in [-0.3, -0.25) is 9.69 Å². The Morgan fingerprint density at radius 1 is 1.18 bits per heavy atom. The van der Waals surface area contributed by atoms with E-state index in [1.807, 2.05) is 36.1 Å². The number of benzene rings is 1. The Morgan fingerprint density at radius 3 is 2.64 bits per heavy atom. The number of piperazine rings is 1. The van der Waals surface area contributed by atoms with Crippen LogP contribution in [-0.2, 0) is 4.79 Å². The van der Waals surface area contributed by atoms with E-state index < -0.39 is 0 Å². The second-order valence-corrected chi connectivity index (χ2v) is 8.22. The minimum atomic E-state index is 0.0640. The summed E-state index contributed by atoms with van der Waals surface area (Å²) >= 11 is 0. The number of likely N-dealkylation sites (N-methyl/N-ethyl adjacent to an activating group) is 1. The first-order chi connectivity index (χ1) is 13.6. The molecule has 2 saturated heterocycles. The van der Waals surface area contributed by atoms with E-state index in [0.29, 0.717) is 12.0 Å². The molecule has 2 fully saturated rings. The van der Waals surface area contributed by atoms with Crippen LogP contribution in [0.25, 0.3) is 0 Å². The number of para-hydroxylation sites is 1. The van der Waals surface area contributed by atoms with Gasteiger partial charge < -0.3 is 19.6 Å². The van der Waals surface area contributed by atoms with E-state index in [1.54, 1.807) is 0 Å². The lowest BCUT2D eigenvalue weighted by Gasteiger charge is -2.46. The maximum absolute atomic E-state index is 12.8. The summed E-state index contributed by atoms with van der Waals surface area (Å²) in [5, 5.41) is 9.32. The van der Waals surface area contributed by atoms with Crippen LogP contribution in [0.4, 0.5) is 0 Å². The normalized spacial score (nSPS) is 24.3. The molecule has 6 heteroatoms. The molecule has 28 heavy (non-hydrogen) atoms. The van der Waals surface area contributed by atoms with Crippen molar-refractivity contribution in [3.8, 4) is 5.75 Å². The molecule has 0 aliphatic carbocycles. The summed E-state index contributed by atoms with van der Waals surface area (Å²) in [4.78, 5) is 19.7. The number of likely N-dealkylation sites (tertiary alicyclic amines) is 1. The van der Waals surface area contributed by atoms with Gasteiger partial charge in [0.15, 0.2) is 6.61 Å². The van der Waals surface area contributed by atoms with Gasteiger partial charge in [0.25, 0.3) is 5.91 Å². The quantitative estimate of drug-likeness (QED) is 0.768. The van der Waals surface area contributed by atoms with Gasteiger partial charge in [0.2, 0.25) is 0 Å². The highest BCUT2D eigenvalue weighted by atomic mass is 16.5. The zero-order chi connectivity index (χ0) is 19.9. The van der Waals surface area contributed by atoms with E-state index in [2.05, 4.69) is 16.8 Å². The van der Waals surface area contributed by atoms with Gasteiger partial charge in [0, 0.05) is 51.9 Å². The van der Waals surface area contributed by atoms with Crippen LogP contribution in [0, 0.1) is 12.8 Å². The molecule has 0 unspecified atom stereocenters. The molecule has 2 atom stereocenters. The summed E-state index contributed by atoms with van der Waals surface area (Å²) in [5.41, 5.74) is 1.05. The summed E-state index contributed by atoms with van der Waals surface area (Å²) < 4.78 is 5.78. The minimum absolute atomic E-state index is 0.0640. The van der Waals surface area contributed by atoms with Crippen LogP contribution < -0.4 is 4.74 Å². The van der Waals surface area contributed by atoms with Crippen molar-refractivity contribution >= 4 is 5.91 Å². The van der Waals surface area contributed by atoms with E-state index in [4.69, 9.17) is 4.74 Å². The standard InChI is InChI=1S/C22H35N3O3/c1-18-6-3-4-8-21(18)28-17-22(27)25-10-9-20(19(16-25)7-5-15-26)24-13-11-23(2)12-14-24/h3-4,6,8,19-20,26H,5,7,9-17H2,1-2H3/t19-,20+/m1/s1. The first-order valence-corrected chi connectivity index (χ1v) is 10.6. The average Bonchev–Trinajstić information content (AvgIpc) is 2.72. The molecule has 1 aromatic rings. The van der Waals surface area contributed by atoms with Crippen molar-refractivity contribution in [1.29, 1.82) is 0 Å². The Morgan fingerprint density at radius 2 is 1.93 bits per heavy atom. The fourth-order valence-corrected chi connectivity index (χ4v) is 4.47. The summed E-state index contributed by atoms with van der Waals surface area (Å²) in [5.74, 6) is 1.26. The Kier molecular flexibility index (Phi) is 7.71. The topological polar surface area (TPSA) is 56.2 Å². The Hall–Kier alpha value is -1.63. The fraction of sp³-hybridized carbons (Fsp3) is 0.682. The highest BCUT2D eigenvalue weighted by Gasteiger charge is 2.35. The SMILES string of the molecule is Cc1ccccc1OCC(=O)N1CC[C@H](N2CCN(C)CC2)[C@H](CCCO)C1. The molecule has 2 heterocycles. The third-order valence-electron chi connectivity index (χ3n) is 6.23. The first-order valence-electron chi connectivity index (χ1n) is 10.6. The van der Waals surface area contributed by atoms with E-state index in [-0.39, 0.29) is 19.1 Å². The molecule has 156 valence electrons. The second kappa shape index (κ2) is 10.2. The van der Waals surface area contributed by atoms with Crippen molar-refractivity contribution in [3.05, 3.63) is 29.8 Å². The highest BCUT2D eigenvalue weighted by molar-refractivity contribution is 5.78. The third-order valence-corrected chi connectivity index (χ3v) is 6.23. The lowest BCUT2D eigenvalue weighted by atomic mass is 9.86. The molecule has 3 rings (SSSR count). The van der Waals surface area contributed by atoms with Gasteiger partial charge in [0.05, 0.1) is 0 Å². The van der Waals surface area contributed by atoms with E-state index in [0.717, 1.165) is 69.8 Å². The van der Waals surface area contributed by atoms with E-state index in [9.17, 15) is 9.90 Å². The monoisotopic (exact) mass is 389 g/mol. The second-order valence-electron chi connectivity index (χ2n) is 8.22. The Labute approximate surface area is 169 Å². The van der Waals surface area contributed by atoms with Crippen LogP contribution in [0.1, 0.15) is 24.8 Å². The van der Waals surface area contributed by atoms with E-state index in [1.165, 1.54) is 0 Å². The molecule has 0 radical (unpaired) electrons. The van der Waals surface area contributed by atoms with Crippen molar-refractivity contribution in [2.45, 2.75) is 32.2 Å². The molecular weight excluding hydrogens is 354 g/mol. The molecule has 0 bridgehead atoms. The van der Waals surface area contributed by atoms with Gasteiger partial charge >= 0.3 is 0 Å². The van der Waals surface area contributed by atoms with Crippen LogP contribution in [0.15, 0.2) is 24.3 Å². The molecule has 1 aromatic carbocycles. The first kappa shape index (κ1) is 21.1. The maximum atomic E-state index is 12.8. The third kappa shape index (κ3) is 5.46. The molecule has 1 amide bonds. The summed E-state index contributed by atoms with van der Waals surface area (Å²) in [6.45, 7) is 8.28. The van der Waals surface area contributed by atoms with Crippen molar-refractivity contribution < 1.29 is 14.6 Å². The molecule has 2 aliphatic rings. The van der Waals surface area contributed by atoms with Gasteiger partial charge in [-0.15, -0.1) is 0 Å². The zero-order valence-corrected chi connectivity index (χ0v) is 17.3.